The van der Waals surface area contributed by atoms with Gasteiger partial charge in [-0.15, -0.1) is 11.6 Å². The zero-order chi connectivity index (χ0) is 14.9. The third kappa shape index (κ3) is 2.73. The minimum Gasteiger partial charge on any atom is -0.267 e. The lowest BCUT2D eigenvalue weighted by Gasteiger charge is -2.16. The molecule has 1 aliphatic heterocycles. The van der Waals surface area contributed by atoms with Crippen molar-refractivity contribution >= 4 is 21.6 Å². The molecule has 1 atom stereocenters. The van der Waals surface area contributed by atoms with Crippen LogP contribution in [0.4, 0.5) is 0 Å². The fourth-order valence-electron chi connectivity index (χ4n) is 2.83. The van der Waals surface area contributed by atoms with Crippen LogP contribution in [0.15, 0.2) is 4.90 Å². The van der Waals surface area contributed by atoms with E-state index in [0.717, 1.165) is 12.8 Å². The summed E-state index contributed by atoms with van der Waals surface area (Å²) in [7, 11) is -3.43. The van der Waals surface area contributed by atoms with Gasteiger partial charge < -0.3 is 0 Å². The zero-order valence-electron chi connectivity index (χ0n) is 12.3. The number of alkyl halides is 1. The molecule has 114 valence electrons. The molecular weight excluding hydrogens is 298 g/mol. The first kappa shape index (κ1) is 15.8. The lowest BCUT2D eigenvalue weighted by atomic mass is 10.1. The predicted molar refractivity (Wildman–Crippen MR) is 79.6 cm³/mol. The number of aryl methyl sites for hydroxylation is 2. The summed E-state index contributed by atoms with van der Waals surface area (Å²) in [5, 5.41) is 4.30. The van der Waals surface area contributed by atoms with E-state index in [1.54, 1.807) is 22.8 Å². The maximum atomic E-state index is 12.8. The fraction of sp³-hybridized carbons (Fsp3) is 0.769. The smallest absolute Gasteiger partial charge is 0.246 e. The van der Waals surface area contributed by atoms with Crippen molar-refractivity contribution in [2.75, 3.05) is 19.0 Å². The van der Waals surface area contributed by atoms with Crippen LogP contribution in [0.1, 0.15) is 31.2 Å². The number of hydrogen-bond acceptors (Lipinski definition) is 3. The van der Waals surface area contributed by atoms with Gasteiger partial charge in [-0.05, 0) is 26.2 Å². The maximum Gasteiger partial charge on any atom is 0.246 e. The highest BCUT2D eigenvalue weighted by atomic mass is 35.5. The average molecular weight is 320 g/mol. The van der Waals surface area contributed by atoms with Gasteiger partial charge in [-0.1, -0.05) is 13.3 Å². The van der Waals surface area contributed by atoms with Crippen molar-refractivity contribution < 1.29 is 8.42 Å². The van der Waals surface area contributed by atoms with Gasteiger partial charge in [0, 0.05) is 19.0 Å². The molecule has 0 amide bonds. The van der Waals surface area contributed by atoms with Gasteiger partial charge in [0.1, 0.15) is 4.90 Å². The number of aromatic nitrogens is 2. The summed E-state index contributed by atoms with van der Waals surface area (Å²) in [5.74, 6) is 0.895. The van der Waals surface area contributed by atoms with Gasteiger partial charge in [0.25, 0.3) is 0 Å². The van der Waals surface area contributed by atoms with Gasteiger partial charge in [-0.25, -0.2) is 8.42 Å². The highest BCUT2D eigenvalue weighted by Crippen LogP contribution is 2.29. The van der Waals surface area contributed by atoms with Gasteiger partial charge >= 0.3 is 0 Å². The van der Waals surface area contributed by atoms with E-state index in [1.165, 1.54) is 0 Å². The van der Waals surface area contributed by atoms with Crippen molar-refractivity contribution in [1.29, 1.82) is 0 Å². The van der Waals surface area contributed by atoms with Crippen molar-refractivity contribution in [3.8, 4) is 0 Å². The minimum atomic E-state index is -3.43. The van der Waals surface area contributed by atoms with E-state index in [0.29, 0.717) is 47.7 Å². The Labute approximate surface area is 126 Å². The monoisotopic (exact) mass is 319 g/mol. The van der Waals surface area contributed by atoms with Crippen molar-refractivity contribution in [2.24, 2.45) is 5.92 Å². The average Bonchev–Trinajstić information content (AvgIpc) is 2.96. The van der Waals surface area contributed by atoms with Crippen molar-refractivity contribution in [3.05, 3.63) is 11.4 Å². The van der Waals surface area contributed by atoms with Gasteiger partial charge in [-0.3, -0.25) is 4.68 Å². The van der Waals surface area contributed by atoms with Gasteiger partial charge in [-0.2, -0.15) is 9.40 Å². The summed E-state index contributed by atoms with van der Waals surface area (Å²) < 4.78 is 28.9. The molecule has 1 unspecified atom stereocenters. The van der Waals surface area contributed by atoms with E-state index in [9.17, 15) is 8.42 Å². The molecule has 0 saturated carbocycles. The van der Waals surface area contributed by atoms with Crippen LogP contribution in [0, 0.1) is 19.8 Å². The molecule has 2 heterocycles. The molecule has 5 nitrogen and oxygen atoms in total. The highest BCUT2D eigenvalue weighted by molar-refractivity contribution is 7.89. The SMILES string of the molecule is CCC1CCN(S(=O)(=O)c2c(C)nn(CCCl)c2C)C1. The molecule has 1 fully saturated rings. The number of halogens is 1. The van der Waals surface area contributed by atoms with E-state index in [2.05, 4.69) is 12.0 Å². The Morgan fingerprint density at radius 3 is 2.65 bits per heavy atom. The fourth-order valence-corrected chi connectivity index (χ4v) is 4.89. The topological polar surface area (TPSA) is 55.2 Å². The van der Waals surface area contributed by atoms with Crippen LogP contribution in [0.2, 0.25) is 0 Å². The van der Waals surface area contributed by atoms with Gasteiger partial charge in [0.15, 0.2) is 0 Å². The Morgan fingerprint density at radius 2 is 2.10 bits per heavy atom. The van der Waals surface area contributed by atoms with Crippen LogP contribution in [0.5, 0.6) is 0 Å². The molecule has 0 bridgehead atoms. The number of rotatable bonds is 5. The Balaban J connectivity index is 2.35. The molecule has 0 radical (unpaired) electrons. The summed E-state index contributed by atoms with van der Waals surface area (Å²) in [6, 6.07) is 0. The van der Waals surface area contributed by atoms with Crippen LogP contribution in [0.3, 0.4) is 0 Å². The molecule has 1 aromatic heterocycles. The van der Waals surface area contributed by atoms with Gasteiger partial charge in [0.2, 0.25) is 10.0 Å². The Bertz CT molecular complexity index is 583. The summed E-state index contributed by atoms with van der Waals surface area (Å²) in [6.07, 6.45) is 1.97. The van der Waals surface area contributed by atoms with Crippen LogP contribution in [-0.2, 0) is 16.6 Å². The zero-order valence-corrected chi connectivity index (χ0v) is 13.8. The van der Waals surface area contributed by atoms with Crippen molar-refractivity contribution in [3.63, 3.8) is 0 Å². The summed E-state index contributed by atoms with van der Waals surface area (Å²) in [5.41, 5.74) is 1.25. The maximum absolute atomic E-state index is 12.8. The van der Waals surface area contributed by atoms with E-state index in [-0.39, 0.29) is 0 Å². The standard InChI is InChI=1S/C13H22ClN3O2S/c1-4-12-5-7-16(9-12)20(18,19)13-10(2)15-17(8-6-14)11(13)3/h12H,4-9H2,1-3H3. The number of sulfonamides is 1. The molecule has 0 aromatic carbocycles. The molecule has 0 aliphatic carbocycles. The third-order valence-electron chi connectivity index (χ3n) is 4.04. The quantitative estimate of drug-likeness (QED) is 0.781. The van der Waals surface area contributed by atoms with E-state index < -0.39 is 10.0 Å². The number of nitrogens with zero attached hydrogens (tertiary/aromatic N) is 3. The van der Waals surface area contributed by atoms with Crippen LogP contribution >= 0.6 is 11.6 Å². The molecular formula is C13H22ClN3O2S. The Hall–Kier alpha value is -0.590. The van der Waals surface area contributed by atoms with E-state index >= 15 is 0 Å². The second kappa shape index (κ2) is 6.03. The normalized spacial score (nSPS) is 20.7. The first-order valence-electron chi connectivity index (χ1n) is 7.02. The van der Waals surface area contributed by atoms with Crippen LogP contribution < -0.4 is 0 Å². The number of hydrogen-bond donors (Lipinski definition) is 0. The predicted octanol–water partition coefficient (Wildman–Crippen LogP) is 2.16. The Kier molecular flexibility index (Phi) is 4.76. The van der Waals surface area contributed by atoms with Crippen molar-refractivity contribution in [2.45, 2.75) is 45.1 Å². The van der Waals surface area contributed by atoms with E-state index in [4.69, 9.17) is 11.6 Å². The third-order valence-corrected chi connectivity index (χ3v) is 6.32. The van der Waals surface area contributed by atoms with E-state index in [1.807, 2.05) is 0 Å². The molecule has 0 N–H and O–H groups in total. The molecule has 7 heteroatoms. The summed E-state index contributed by atoms with van der Waals surface area (Å²) in [4.78, 5) is 0.361. The molecule has 1 aliphatic rings. The first-order valence-corrected chi connectivity index (χ1v) is 8.99. The molecule has 0 spiro atoms. The van der Waals surface area contributed by atoms with Crippen molar-refractivity contribution in [1.82, 2.24) is 14.1 Å². The van der Waals surface area contributed by atoms with Crippen LogP contribution in [-0.4, -0.2) is 41.5 Å². The second-order valence-corrected chi connectivity index (χ2v) is 7.59. The summed E-state index contributed by atoms with van der Waals surface area (Å²) >= 11 is 5.73. The van der Waals surface area contributed by atoms with Crippen LogP contribution in [0.25, 0.3) is 0 Å². The molecule has 1 aromatic rings. The lowest BCUT2D eigenvalue weighted by Crippen LogP contribution is -2.29. The molecule has 1 saturated heterocycles. The Morgan fingerprint density at radius 1 is 1.40 bits per heavy atom. The largest absolute Gasteiger partial charge is 0.267 e. The molecule has 2 rings (SSSR count). The molecule has 20 heavy (non-hydrogen) atoms. The first-order chi connectivity index (χ1) is 9.41. The minimum absolute atomic E-state index is 0.361. The summed E-state index contributed by atoms with van der Waals surface area (Å²) in [6.45, 7) is 7.42. The van der Waals surface area contributed by atoms with Gasteiger partial charge in [0.05, 0.1) is 17.9 Å². The highest BCUT2D eigenvalue weighted by Gasteiger charge is 2.35. The second-order valence-electron chi connectivity index (χ2n) is 5.34. The lowest BCUT2D eigenvalue weighted by molar-refractivity contribution is 0.452.